The van der Waals surface area contributed by atoms with Crippen molar-refractivity contribution in [3.63, 3.8) is 0 Å². The molecule has 3 aromatic rings. The van der Waals surface area contributed by atoms with E-state index < -0.39 is 0 Å². The van der Waals surface area contributed by atoms with Crippen molar-refractivity contribution in [1.82, 2.24) is 9.97 Å². The van der Waals surface area contributed by atoms with Crippen LogP contribution in [0.3, 0.4) is 0 Å². The highest BCUT2D eigenvalue weighted by atomic mass is 32.1. The Hall–Kier alpha value is -2.00. The summed E-state index contributed by atoms with van der Waals surface area (Å²) in [5.74, 6) is 0. The summed E-state index contributed by atoms with van der Waals surface area (Å²) in [4.78, 5) is 10.4. The maximum absolute atomic E-state index is 4.88. The first-order chi connectivity index (χ1) is 10.7. The number of hydrogen-bond donors (Lipinski definition) is 0. The van der Waals surface area contributed by atoms with Gasteiger partial charge >= 0.3 is 0 Å². The van der Waals surface area contributed by atoms with Crippen LogP contribution in [0.15, 0.2) is 42.6 Å². The van der Waals surface area contributed by atoms with Gasteiger partial charge in [0.05, 0.1) is 15.6 Å². The Morgan fingerprint density at radius 1 is 1.00 bits per heavy atom. The van der Waals surface area contributed by atoms with Crippen LogP contribution in [0.25, 0.3) is 21.7 Å². The Kier molecular flexibility index (Phi) is 4.34. The average Bonchev–Trinajstić information content (AvgIpc) is 2.99. The molecule has 0 aliphatic heterocycles. The van der Waals surface area contributed by atoms with Crippen molar-refractivity contribution in [2.24, 2.45) is 0 Å². The molecular formula is C19H20N2S. The van der Waals surface area contributed by atoms with E-state index in [4.69, 9.17) is 4.98 Å². The topological polar surface area (TPSA) is 25.8 Å². The quantitative estimate of drug-likeness (QED) is 0.653. The number of aryl methyl sites for hydroxylation is 3. The predicted molar refractivity (Wildman–Crippen MR) is 94.3 cm³/mol. The second kappa shape index (κ2) is 6.41. The predicted octanol–water partition coefficient (Wildman–Crippen LogP) is 5.31. The van der Waals surface area contributed by atoms with Crippen molar-refractivity contribution in [1.29, 1.82) is 0 Å². The molecule has 0 spiro atoms. The fraction of sp³-hybridized carbons (Fsp3) is 0.263. The zero-order valence-electron chi connectivity index (χ0n) is 13.3. The summed E-state index contributed by atoms with van der Waals surface area (Å²) in [6.45, 7) is 6.38. The van der Waals surface area contributed by atoms with Crippen LogP contribution in [0.4, 0.5) is 0 Å². The van der Waals surface area contributed by atoms with E-state index in [9.17, 15) is 0 Å². The monoisotopic (exact) mass is 308 g/mol. The highest BCUT2D eigenvalue weighted by Crippen LogP contribution is 2.37. The van der Waals surface area contributed by atoms with Crippen LogP contribution < -0.4 is 0 Å². The van der Waals surface area contributed by atoms with Gasteiger partial charge in [-0.2, -0.15) is 0 Å². The summed E-state index contributed by atoms with van der Waals surface area (Å²) in [6.07, 6.45) is 3.89. The van der Waals surface area contributed by atoms with Crippen LogP contribution in [0, 0.1) is 6.92 Å². The average molecular weight is 308 g/mol. The number of hydrogen-bond acceptors (Lipinski definition) is 3. The molecule has 0 unspecified atom stereocenters. The van der Waals surface area contributed by atoms with Crippen molar-refractivity contribution < 1.29 is 0 Å². The second-order valence-corrected chi connectivity index (χ2v) is 6.46. The summed E-state index contributed by atoms with van der Waals surface area (Å²) >= 11 is 1.79. The van der Waals surface area contributed by atoms with E-state index in [-0.39, 0.29) is 0 Å². The molecule has 3 heteroatoms. The molecule has 0 atom stereocenters. The first kappa shape index (κ1) is 14.9. The van der Waals surface area contributed by atoms with Crippen LogP contribution in [-0.4, -0.2) is 9.97 Å². The third-order valence-electron chi connectivity index (χ3n) is 3.74. The minimum atomic E-state index is 0.967. The molecule has 0 amide bonds. The van der Waals surface area contributed by atoms with Gasteiger partial charge in [0, 0.05) is 17.5 Å². The van der Waals surface area contributed by atoms with Crippen LogP contribution >= 0.6 is 11.3 Å². The fourth-order valence-electron chi connectivity index (χ4n) is 2.53. The summed E-state index contributed by atoms with van der Waals surface area (Å²) < 4.78 is 0. The van der Waals surface area contributed by atoms with E-state index >= 15 is 0 Å². The molecule has 2 aromatic heterocycles. The number of benzene rings is 1. The third kappa shape index (κ3) is 2.95. The number of rotatable bonds is 4. The first-order valence-corrected chi connectivity index (χ1v) is 8.55. The molecule has 0 N–H and O–H groups in total. The molecule has 22 heavy (non-hydrogen) atoms. The second-order valence-electron chi connectivity index (χ2n) is 5.38. The number of nitrogens with zero attached hydrogens (tertiary/aromatic N) is 2. The normalized spacial score (nSPS) is 10.9. The van der Waals surface area contributed by atoms with Gasteiger partial charge in [0.25, 0.3) is 0 Å². The molecule has 0 saturated heterocycles. The van der Waals surface area contributed by atoms with E-state index in [2.05, 4.69) is 55.2 Å². The minimum absolute atomic E-state index is 0.967. The summed E-state index contributed by atoms with van der Waals surface area (Å²) in [6, 6.07) is 12.9. The zero-order chi connectivity index (χ0) is 15.5. The van der Waals surface area contributed by atoms with Gasteiger partial charge in [-0.15, -0.1) is 11.3 Å². The lowest BCUT2D eigenvalue weighted by Crippen LogP contribution is -1.87. The highest BCUT2D eigenvalue weighted by Gasteiger charge is 2.14. The SMILES string of the molecule is CCc1cccc(-c2nc(CC)sc2-c2ccnc(C)c2)c1. The number of aromatic nitrogens is 2. The summed E-state index contributed by atoms with van der Waals surface area (Å²) in [5.41, 5.74) is 5.90. The van der Waals surface area contributed by atoms with Crippen LogP contribution in [0.2, 0.25) is 0 Å². The van der Waals surface area contributed by atoms with Gasteiger partial charge in [-0.05, 0) is 49.1 Å². The van der Waals surface area contributed by atoms with Gasteiger partial charge in [-0.25, -0.2) is 4.98 Å². The zero-order valence-corrected chi connectivity index (χ0v) is 14.1. The van der Waals surface area contributed by atoms with Crippen LogP contribution in [0.1, 0.15) is 30.1 Å². The Morgan fingerprint density at radius 3 is 2.59 bits per heavy atom. The number of thiazole rings is 1. The lowest BCUT2D eigenvalue weighted by Gasteiger charge is -2.05. The Morgan fingerprint density at radius 2 is 1.86 bits per heavy atom. The minimum Gasteiger partial charge on any atom is -0.262 e. The van der Waals surface area contributed by atoms with Crippen LogP contribution in [-0.2, 0) is 12.8 Å². The lowest BCUT2D eigenvalue weighted by molar-refractivity contribution is 1.09. The Balaban J connectivity index is 2.16. The van der Waals surface area contributed by atoms with Gasteiger partial charge in [-0.1, -0.05) is 32.0 Å². The van der Waals surface area contributed by atoms with Gasteiger partial charge < -0.3 is 0 Å². The van der Waals surface area contributed by atoms with Crippen LogP contribution in [0.5, 0.6) is 0 Å². The maximum atomic E-state index is 4.88. The highest BCUT2D eigenvalue weighted by molar-refractivity contribution is 7.15. The fourth-order valence-corrected chi connectivity index (χ4v) is 3.55. The Labute approximate surface area is 135 Å². The van der Waals surface area contributed by atoms with Gasteiger partial charge in [-0.3, -0.25) is 4.98 Å². The van der Waals surface area contributed by atoms with Crippen molar-refractivity contribution in [2.45, 2.75) is 33.6 Å². The molecule has 0 aliphatic carbocycles. The molecule has 1 aromatic carbocycles. The molecule has 0 bridgehead atoms. The van der Waals surface area contributed by atoms with E-state index in [1.807, 2.05) is 13.1 Å². The molecule has 2 heterocycles. The van der Waals surface area contributed by atoms with Gasteiger partial charge in [0.1, 0.15) is 0 Å². The number of pyridine rings is 1. The molecule has 0 saturated carbocycles. The maximum Gasteiger partial charge on any atom is 0.0936 e. The lowest BCUT2D eigenvalue weighted by atomic mass is 10.0. The van der Waals surface area contributed by atoms with Gasteiger partial charge in [0.15, 0.2) is 0 Å². The Bertz CT molecular complexity index is 790. The van der Waals surface area contributed by atoms with E-state index in [0.29, 0.717) is 0 Å². The molecule has 3 rings (SSSR count). The summed E-state index contributed by atoms with van der Waals surface area (Å²) in [5, 5.41) is 1.18. The van der Waals surface area contributed by atoms with Crippen molar-refractivity contribution in [3.8, 4) is 21.7 Å². The van der Waals surface area contributed by atoms with Crippen molar-refractivity contribution >= 4 is 11.3 Å². The standard InChI is InChI=1S/C19H20N2S/c1-4-14-7-6-8-15(12-14)18-19(22-17(5-2)21-18)16-9-10-20-13(3)11-16/h6-12H,4-5H2,1-3H3. The van der Waals surface area contributed by atoms with E-state index in [1.54, 1.807) is 11.3 Å². The molecular weight excluding hydrogens is 288 g/mol. The third-order valence-corrected chi connectivity index (χ3v) is 4.99. The summed E-state index contributed by atoms with van der Waals surface area (Å²) in [7, 11) is 0. The smallest absolute Gasteiger partial charge is 0.0936 e. The van der Waals surface area contributed by atoms with E-state index in [1.165, 1.54) is 26.6 Å². The molecule has 0 radical (unpaired) electrons. The first-order valence-electron chi connectivity index (χ1n) is 7.73. The largest absolute Gasteiger partial charge is 0.262 e. The molecule has 112 valence electrons. The van der Waals surface area contributed by atoms with E-state index in [0.717, 1.165) is 24.2 Å². The molecule has 0 aliphatic rings. The van der Waals surface area contributed by atoms with Crippen molar-refractivity contribution in [3.05, 3.63) is 58.9 Å². The van der Waals surface area contributed by atoms with Gasteiger partial charge in [0.2, 0.25) is 0 Å². The molecule has 0 fully saturated rings. The molecule has 2 nitrogen and oxygen atoms in total. The van der Waals surface area contributed by atoms with Crippen molar-refractivity contribution in [2.75, 3.05) is 0 Å².